The van der Waals surface area contributed by atoms with Gasteiger partial charge in [0.15, 0.2) is 0 Å². The third kappa shape index (κ3) is 2.97. The lowest BCUT2D eigenvalue weighted by Gasteiger charge is -2.59. The molecule has 114 valence electrons. The normalized spacial score (nSPS) is 19.1. The van der Waals surface area contributed by atoms with Crippen LogP contribution in [0.5, 0.6) is 0 Å². The van der Waals surface area contributed by atoms with Crippen molar-refractivity contribution in [1.29, 1.82) is 0 Å². The van der Waals surface area contributed by atoms with Gasteiger partial charge in [-0.3, -0.25) is 0 Å². The molecule has 2 aliphatic rings. The first-order chi connectivity index (χ1) is 10.1. The number of hydrogen-bond donors (Lipinski definition) is 0. The van der Waals surface area contributed by atoms with Gasteiger partial charge in [-0.05, 0) is 22.4 Å². The van der Waals surface area contributed by atoms with Gasteiger partial charge in [0, 0.05) is 44.0 Å². The van der Waals surface area contributed by atoms with Crippen molar-refractivity contribution in [3.8, 4) is 0 Å². The molecule has 3 rings (SSSR count). The first-order valence-electron chi connectivity index (χ1n) is 7.26. The predicted octanol–water partition coefficient (Wildman–Crippen LogP) is 2.30. The number of aromatic nitrogens is 2. The summed E-state index contributed by atoms with van der Waals surface area (Å²) < 4.78 is 6.10. The van der Waals surface area contributed by atoms with Gasteiger partial charge in [-0.2, -0.15) is 0 Å². The zero-order chi connectivity index (χ0) is 14.9. The van der Waals surface area contributed by atoms with E-state index < -0.39 is 0 Å². The average Bonchev–Trinajstić information content (AvgIpc) is 2.38. The maximum atomic E-state index is 11.8. The molecular formula is C14H19BrN4O2. The van der Waals surface area contributed by atoms with Gasteiger partial charge in [-0.15, -0.1) is 0 Å². The molecule has 7 heteroatoms. The standard InChI is InChI=1S/C14H19BrN4O2/c1-2-3-4-21-13(20)19-9-14(10-19)7-18(8-14)12-16-5-11(15)6-17-12/h5-6H,2-4,7-10H2,1H3. The highest BCUT2D eigenvalue weighted by atomic mass is 79.9. The fourth-order valence-corrected chi connectivity index (χ4v) is 3.07. The van der Waals surface area contributed by atoms with Crippen molar-refractivity contribution in [2.24, 2.45) is 5.41 Å². The van der Waals surface area contributed by atoms with Gasteiger partial charge in [0.05, 0.1) is 11.1 Å². The van der Waals surface area contributed by atoms with E-state index in [2.05, 4.69) is 37.7 Å². The Hall–Kier alpha value is -1.37. The van der Waals surface area contributed by atoms with Gasteiger partial charge in [-0.25, -0.2) is 14.8 Å². The Balaban J connectivity index is 1.43. The topological polar surface area (TPSA) is 58.6 Å². The Bertz CT molecular complexity index is 508. The molecule has 0 aliphatic carbocycles. The molecule has 0 bridgehead atoms. The van der Waals surface area contributed by atoms with Crippen LogP contribution in [0.15, 0.2) is 16.9 Å². The van der Waals surface area contributed by atoms with Gasteiger partial charge in [0.2, 0.25) is 5.95 Å². The van der Waals surface area contributed by atoms with Crippen molar-refractivity contribution in [3.05, 3.63) is 16.9 Å². The smallest absolute Gasteiger partial charge is 0.409 e. The third-order valence-corrected chi connectivity index (χ3v) is 4.39. The lowest BCUT2D eigenvalue weighted by Crippen LogP contribution is -2.73. The molecule has 0 atom stereocenters. The minimum atomic E-state index is -0.174. The predicted molar refractivity (Wildman–Crippen MR) is 82.2 cm³/mol. The van der Waals surface area contributed by atoms with E-state index in [1.54, 1.807) is 17.3 Å². The quantitative estimate of drug-likeness (QED) is 0.776. The average molecular weight is 355 g/mol. The van der Waals surface area contributed by atoms with E-state index >= 15 is 0 Å². The summed E-state index contributed by atoms with van der Waals surface area (Å²) in [6.45, 7) is 5.99. The van der Waals surface area contributed by atoms with Crippen LogP contribution in [0.3, 0.4) is 0 Å². The molecule has 0 unspecified atom stereocenters. The maximum absolute atomic E-state index is 11.8. The van der Waals surface area contributed by atoms with Crippen molar-refractivity contribution in [2.45, 2.75) is 19.8 Å². The minimum Gasteiger partial charge on any atom is -0.449 e. The lowest BCUT2D eigenvalue weighted by atomic mass is 9.73. The summed E-state index contributed by atoms with van der Waals surface area (Å²) in [6.07, 6.45) is 5.31. The molecule has 21 heavy (non-hydrogen) atoms. The summed E-state index contributed by atoms with van der Waals surface area (Å²) in [4.78, 5) is 24.3. The van der Waals surface area contributed by atoms with Gasteiger partial charge in [0.1, 0.15) is 0 Å². The number of carbonyl (C=O) groups is 1. The molecule has 2 fully saturated rings. The molecule has 0 saturated carbocycles. The second-order valence-corrected chi connectivity index (χ2v) is 6.80. The van der Waals surface area contributed by atoms with Crippen LogP contribution in [-0.4, -0.2) is 53.7 Å². The number of hydrogen-bond acceptors (Lipinski definition) is 5. The third-order valence-electron chi connectivity index (χ3n) is 3.98. The zero-order valence-electron chi connectivity index (χ0n) is 12.1. The number of likely N-dealkylation sites (tertiary alicyclic amines) is 1. The maximum Gasteiger partial charge on any atom is 0.409 e. The van der Waals surface area contributed by atoms with E-state index in [0.29, 0.717) is 6.61 Å². The van der Waals surface area contributed by atoms with E-state index in [9.17, 15) is 4.79 Å². The van der Waals surface area contributed by atoms with E-state index in [0.717, 1.165) is 49.4 Å². The molecule has 2 saturated heterocycles. The van der Waals surface area contributed by atoms with Crippen LogP contribution in [0, 0.1) is 5.41 Å². The Morgan fingerprint density at radius 2 is 2.00 bits per heavy atom. The summed E-state index contributed by atoms with van der Waals surface area (Å²) in [5, 5.41) is 0. The number of amides is 1. The van der Waals surface area contributed by atoms with Crippen molar-refractivity contribution >= 4 is 28.0 Å². The highest BCUT2D eigenvalue weighted by Crippen LogP contribution is 2.41. The monoisotopic (exact) mass is 354 g/mol. The van der Waals surface area contributed by atoms with E-state index in [-0.39, 0.29) is 11.5 Å². The fourth-order valence-electron chi connectivity index (χ4n) is 2.86. The number of anilines is 1. The van der Waals surface area contributed by atoms with Crippen LogP contribution in [0.1, 0.15) is 19.8 Å². The lowest BCUT2D eigenvalue weighted by molar-refractivity contribution is -0.0212. The SMILES string of the molecule is CCCCOC(=O)N1CC2(C1)CN(c1ncc(Br)cn1)C2. The number of rotatable bonds is 4. The van der Waals surface area contributed by atoms with Crippen LogP contribution < -0.4 is 4.90 Å². The second-order valence-electron chi connectivity index (χ2n) is 5.88. The van der Waals surface area contributed by atoms with Crippen LogP contribution >= 0.6 is 15.9 Å². The van der Waals surface area contributed by atoms with Gasteiger partial charge < -0.3 is 14.5 Å². The van der Waals surface area contributed by atoms with Crippen LogP contribution in [-0.2, 0) is 4.74 Å². The molecule has 1 spiro atoms. The molecule has 0 aromatic carbocycles. The Morgan fingerprint density at radius 1 is 1.33 bits per heavy atom. The summed E-state index contributed by atoms with van der Waals surface area (Å²) in [5.74, 6) is 0.757. The summed E-state index contributed by atoms with van der Waals surface area (Å²) in [6, 6.07) is 0. The minimum absolute atomic E-state index is 0.174. The number of carbonyl (C=O) groups excluding carboxylic acids is 1. The van der Waals surface area contributed by atoms with E-state index in [4.69, 9.17) is 4.74 Å². The number of nitrogens with zero attached hydrogens (tertiary/aromatic N) is 4. The molecule has 1 aromatic rings. The van der Waals surface area contributed by atoms with Crippen LogP contribution in [0.25, 0.3) is 0 Å². The molecule has 1 aromatic heterocycles. The largest absolute Gasteiger partial charge is 0.449 e. The Labute approximate surface area is 132 Å². The molecule has 0 radical (unpaired) electrons. The van der Waals surface area contributed by atoms with E-state index in [1.807, 2.05) is 0 Å². The van der Waals surface area contributed by atoms with E-state index in [1.165, 1.54) is 0 Å². The molecule has 1 amide bonds. The second kappa shape index (κ2) is 5.79. The summed E-state index contributed by atoms with van der Waals surface area (Å²) in [5.41, 5.74) is 0.222. The number of unbranched alkanes of at least 4 members (excludes halogenated alkanes) is 1. The van der Waals surface area contributed by atoms with Crippen LogP contribution in [0.2, 0.25) is 0 Å². The number of ether oxygens (including phenoxy) is 1. The zero-order valence-corrected chi connectivity index (χ0v) is 13.7. The number of halogens is 1. The molecule has 2 aliphatic heterocycles. The highest BCUT2D eigenvalue weighted by Gasteiger charge is 2.54. The Kier molecular flexibility index (Phi) is 4.01. The molecule has 6 nitrogen and oxygen atoms in total. The Morgan fingerprint density at radius 3 is 2.62 bits per heavy atom. The summed E-state index contributed by atoms with van der Waals surface area (Å²) in [7, 11) is 0. The van der Waals surface area contributed by atoms with Gasteiger partial charge in [0.25, 0.3) is 0 Å². The van der Waals surface area contributed by atoms with Gasteiger partial charge >= 0.3 is 6.09 Å². The van der Waals surface area contributed by atoms with Gasteiger partial charge in [-0.1, -0.05) is 13.3 Å². The van der Waals surface area contributed by atoms with Crippen LogP contribution in [0.4, 0.5) is 10.7 Å². The molecular weight excluding hydrogens is 336 g/mol. The highest BCUT2D eigenvalue weighted by molar-refractivity contribution is 9.10. The molecule has 0 N–H and O–H groups in total. The van der Waals surface area contributed by atoms with Crippen molar-refractivity contribution < 1.29 is 9.53 Å². The fraction of sp³-hybridized carbons (Fsp3) is 0.643. The molecule has 3 heterocycles. The van der Waals surface area contributed by atoms with Crippen molar-refractivity contribution in [3.63, 3.8) is 0 Å². The first kappa shape index (κ1) is 14.6. The van der Waals surface area contributed by atoms with Crippen molar-refractivity contribution in [2.75, 3.05) is 37.7 Å². The first-order valence-corrected chi connectivity index (χ1v) is 8.05. The summed E-state index contributed by atoms with van der Waals surface area (Å²) >= 11 is 3.33. The van der Waals surface area contributed by atoms with Crippen molar-refractivity contribution in [1.82, 2.24) is 14.9 Å².